The molecule has 1 saturated heterocycles. The summed E-state index contributed by atoms with van der Waals surface area (Å²) in [5.41, 5.74) is 0.554. The molecule has 3 heterocycles. The minimum absolute atomic E-state index is 0.131. The van der Waals surface area contributed by atoms with E-state index in [4.69, 9.17) is 0 Å². The Labute approximate surface area is 134 Å². The van der Waals surface area contributed by atoms with Crippen LogP contribution in [0.15, 0.2) is 23.0 Å². The SMILES string of the molecule is O=c1[nH]c(CN2CCSCC2)nc2c1sc1cc(F)ccc12. The molecule has 0 unspecified atom stereocenters. The number of hydrogen-bond acceptors (Lipinski definition) is 5. The van der Waals surface area contributed by atoms with Gasteiger partial charge in [0.1, 0.15) is 16.3 Å². The highest BCUT2D eigenvalue weighted by Gasteiger charge is 2.15. The van der Waals surface area contributed by atoms with Crippen LogP contribution in [0.4, 0.5) is 4.39 Å². The van der Waals surface area contributed by atoms with Gasteiger partial charge >= 0.3 is 0 Å². The van der Waals surface area contributed by atoms with Gasteiger partial charge in [0.15, 0.2) is 0 Å². The number of thiophene rings is 1. The third kappa shape index (κ3) is 2.53. The third-order valence-electron chi connectivity index (χ3n) is 3.81. The van der Waals surface area contributed by atoms with Gasteiger partial charge in [0, 0.05) is 34.7 Å². The molecule has 0 amide bonds. The molecule has 1 N–H and O–H groups in total. The first-order chi connectivity index (χ1) is 10.7. The Balaban J connectivity index is 1.80. The van der Waals surface area contributed by atoms with Crippen LogP contribution in [0.5, 0.6) is 0 Å². The highest BCUT2D eigenvalue weighted by molar-refractivity contribution is 7.99. The normalized spacial score (nSPS) is 16.6. The molecule has 0 radical (unpaired) electrons. The standard InChI is InChI=1S/C15H14FN3OS2/c16-9-1-2-10-11(7-9)22-14-13(10)17-12(18-15(14)20)8-19-3-5-21-6-4-19/h1-2,7H,3-6,8H2,(H,17,18,20). The van der Waals surface area contributed by atoms with Crippen LogP contribution in [-0.4, -0.2) is 39.5 Å². The number of thioether (sulfide) groups is 1. The van der Waals surface area contributed by atoms with Crippen LogP contribution < -0.4 is 5.56 Å². The smallest absolute Gasteiger partial charge is 0.268 e. The summed E-state index contributed by atoms with van der Waals surface area (Å²) >= 11 is 3.25. The molecule has 0 atom stereocenters. The first-order valence-corrected chi connectivity index (χ1v) is 9.09. The minimum Gasteiger partial charge on any atom is -0.308 e. The number of hydrogen-bond donors (Lipinski definition) is 1. The second-order valence-electron chi connectivity index (χ2n) is 5.32. The highest BCUT2D eigenvalue weighted by atomic mass is 32.2. The second kappa shape index (κ2) is 5.64. The second-order valence-corrected chi connectivity index (χ2v) is 7.60. The quantitative estimate of drug-likeness (QED) is 0.782. The Morgan fingerprint density at radius 3 is 2.95 bits per heavy atom. The zero-order valence-electron chi connectivity index (χ0n) is 11.8. The van der Waals surface area contributed by atoms with E-state index in [1.165, 1.54) is 23.5 Å². The third-order valence-corrected chi connectivity index (χ3v) is 5.90. The van der Waals surface area contributed by atoms with Crippen LogP contribution in [-0.2, 0) is 6.54 Å². The Hall–Kier alpha value is -1.44. The minimum atomic E-state index is -0.290. The van der Waals surface area contributed by atoms with Gasteiger partial charge in [0.2, 0.25) is 0 Å². The van der Waals surface area contributed by atoms with E-state index in [0.717, 1.165) is 34.7 Å². The molecule has 4 nitrogen and oxygen atoms in total. The van der Waals surface area contributed by atoms with E-state index in [-0.39, 0.29) is 11.4 Å². The number of aromatic nitrogens is 2. The lowest BCUT2D eigenvalue weighted by Crippen LogP contribution is -2.33. The summed E-state index contributed by atoms with van der Waals surface area (Å²) in [5, 5.41) is 0.850. The predicted molar refractivity (Wildman–Crippen MR) is 90.3 cm³/mol. The van der Waals surface area contributed by atoms with Crippen molar-refractivity contribution in [3.8, 4) is 0 Å². The van der Waals surface area contributed by atoms with Crippen molar-refractivity contribution in [1.82, 2.24) is 14.9 Å². The summed E-state index contributed by atoms with van der Waals surface area (Å²) < 4.78 is 14.7. The number of rotatable bonds is 2. The Kier molecular flexibility index (Phi) is 3.63. The van der Waals surface area contributed by atoms with E-state index in [0.29, 0.717) is 22.6 Å². The van der Waals surface area contributed by atoms with Crippen LogP contribution in [0.3, 0.4) is 0 Å². The van der Waals surface area contributed by atoms with Gasteiger partial charge in [0.25, 0.3) is 5.56 Å². The van der Waals surface area contributed by atoms with Crippen molar-refractivity contribution in [2.75, 3.05) is 24.6 Å². The molecule has 22 heavy (non-hydrogen) atoms. The lowest BCUT2D eigenvalue weighted by Gasteiger charge is -2.25. The molecule has 2 aromatic heterocycles. The Bertz CT molecular complexity index is 899. The summed E-state index contributed by atoms with van der Waals surface area (Å²) in [6.45, 7) is 2.69. The van der Waals surface area contributed by atoms with Gasteiger partial charge in [-0.3, -0.25) is 9.69 Å². The maximum Gasteiger partial charge on any atom is 0.268 e. The van der Waals surface area contributed by atoms with E-state index in [9.17, 15) is 9.18 Å². The maximum atomic E-state index is 13.3. The number of H-pyrrole nitrogens is 1. The van der Waals surface area contributed by atoms with Crippen LogP contribution in [0.1, 0.15) is 5.82 Å². The van der Waals surface area contributed by atoms with Crippen molar-refractivity contribution in [3.63, 3.8) is 0 Å². The first kappa shape index (κ1) is 14.2. The number of nitrogens with one attached hydrogen (secondary N) is 1. The molecular weight excluding hydrogens is 321 g/mol. The number of benzene rings is 1. The Morgan fingerprint density at radius 1 is 1.32 bits per heavy atom. The molecule has 3 aromatic rings. The zero-order valence-corrected chi connectivity index (χ0v) is 13.4. The van der Waals surface area contributed by atoms with E-state index in [1.807, 2.05) is 11.8 Å². The average molecular weight is 335 g/mol. The topological polar surface area (TPSA) is 49.0 Å². The average Bonchev–Trinajstić information content (AvgIpc) is 2.86. The fraction of sp³-hybridized carbons (Fsp3) is 0.333. The zero-order chi connectivity index (χ0) is 15.1. The van der Waals surface area contributed by atoms with E-state index in [2.05, 4.69) is 14.9 Å². The summed E-state index contributed by atoms with van der Waals surface area (Å²) in [4.78, 5) is 22.1. The largest absolute Gasteiger partial charge is 0.308 e. The fourth-order valence-electron chi connectivity index (χ4n) is 2.72. The van der Waals surface area contributed by atoms with Gasteiger partial charge in [-0.15, -0.1) is 11.3 Å². The monoisotopic (exact) mass is 335 g/mol. The molecule has 0 aliphatic carbocycles. The van der Waals surface area contributed by atoms with E-state index in [1.54, 1.807) is 6.07 Å². The van der Waals surface area contributed by atoms with Crippen LogP contribution in [0, 0.1) is 5.82 Å². The summed E-state index contributed by atoms with van der Waals surface area (Å²) in [7, 11) is 0. The molecule has 0 spiro atoms. The van der Waals surface area contributed by atoms with Gasteiger partial charge in [0.05, 0.1) is 12.1 Å². The molecule has 1 aromatic carbocycles. The number of halogens is 1. The summed E-state index contributed by atoms with van der Waals surface area (Å²) in [5.74, 6) is 2.63. The molecule has 1 aliphatic heterocycles. The fourth-order valence-corrected chi connectivity index (χ4v) is 4.76. The van der Waals surface area contributed by atoms with Crippen molar-refractivity contribution in [2.45, 2.75) is 6.54 Å². The van der Waals surface area contributed by atoms with Gasteiger partial charge in [-0.1, -0.05) is 0 Å². The predicted octanol–water partition coefficient (Wildman–Crippen LogP) is 2.83. The van der Waals surface area contributed by atoms with Crippen LogP contribution in [0.2, 0.25) is 0 Å². The number of aromatic amines is 1. The van der Waals surface area contributed by atoms with Gasteiger partial charge < -0.3 is 4.98 Å². The molecule has 0 bridgehead atoms. The van der Waals surface area contributed by atoms with Gasteiger partial charge in [-0.25, -0.2) is 9.37 Å². The van der Waals surface area contributed by atoms with Crippen LogP contribution in [0.25, 0.3) is 20.3 Å². The molecule has 4 rings (SSSR count). The lowest BCUT2D eigenvalue weighted by molar-refractivity contribution is 0.287. The molecular formula is C15H14FN3OS2. The Morgan fingerprint density at radius 2 is 2.14 bits per heavy atom. The molecule has 7 heteroatoms. The number of fused-ring (bicyclic) bond motifs is 3. The molecule has 0 saturated carbocycles. The summed E-state index contributed by atoms with van der Waals surface area (Å²) in [6.07, 6.45) is 0. The van der Waals surface area contributed by atoms with Gasteiger partial charge in [-0.05, 0) is 18.2 Å². The van der Waals surface area contributed by atoms with Crippen molar-refractivity contribution in [3.05, 3.63) is 40.2 Å². The lowest BCUT2D eigenvalue weighted by atomic mass is 10.2. The van der Waals surface area contributed by atoms with Crippen molar-refractivity contribution < 1.29 is 4.39 Å². The van der Waals surface area contributed by atoms with Gasteiger partial charge in [-0.2, -0.15) is 11.8 Å². The maximum absolute atomic E-state index is 13.3. The van der Waals surface area contributed by atoms with E-state index >= 15 is 0 Å². The van der Waals surface area contributed by atoms with E-state index < -0.39 is 0 Å². The number of nitrogens with zero attached hydrogens (tertiary/aromatic N) is 2. The van der Waals surface area contributed by atoms with Crippen molar-refractivity contribution in [1.29, 1.82) is 0 Å². The molecule has 1 fully saturated rings. The van der Waals surface area contributed by atoms with Crippen LogP contribution >= 0.6 is 23.1 Å². The molecule has 1 aliphatic rings. The van der Waals surface area contributed by atoms with Crippen molar-refractivity contribution in [2.24, 2.45) is 0 Å². The van der Waals surface area contributed by atoms with Crippen molar-refractivity contribution >= 4 is 43.4 Å². The highest BCUT2D eigenvalue weighted by Crippen LogP contribution is 2.30. The summed E-state index contributed by atoms with van der Waals surface area (Å²) in [6, 6.07) is 4.58. The molecule has 114 valence electrons. The first-order valence-electron chi connectivity index (χ1n) is 7.12.